The smallest absolute Gasteiger partial charge is 0.0525 e. The molecule has 1 fully saturated rings. The van der Waals surface area contributed by atoms with Crippen LogP contribution in [0.5, 0.6) is 0 Å². The van der Waals surface area contributed by atoms with Crippen molar-refractivity contribution in [3.05, 3.63) is 18.0 Å². The van der Waals surface area contributed by atoms with Crippen LogP contribution in [0, 0.1) is 0 Å². The van der Waals surface area contributed by atoms with Crippen molar-refractivity contribution in [2.75, 3.05) is 0 Å². The van der Waals surface area contributed by atoms with E-state index in [-0.39, 0.29) is 12.4 Å². The van der Waals surface area contributed by atoms with Crippen molar-refractivity contribution >= 4 is 12.4 Å². The van der Waals surface area contributed by atoms with Gasteiger partial charge in [-0.2, -0.15) is 5.10 Å². The number of nitrogens with zero attached hydrogens (tertiary/aromatic N) is 2. The third-order valence-corrected chi connectivity index (χ3v) is 1.99. The molecule has 11 heavy (non-hydrogen) atoms. The second-order valence-electron chi connectivity index (χ2n) is 2.95. The fourth-order valence-electron chi connectivity index (χ4n) is 1.23. The van der Waals surface area contributed by atoms with Crippen molar-refractivity contribution in [3.8, 4) is 0 Å². The van der Waals surface area contributed by atoms with E-state index in [2.05, 4.69) is 5.10 Å². The van der Waals surface area contributed by atoms with Crippen LogP contribution in [0.1, 0.15) is 17.9 Å². The van der Waals surface area contributed by atoms with Gasteiger partial charge < -0.3 is 5.73 Å². The largest absolute Gasteiger partial charge is 0.327 e. The van der Waals surface area contributed by atoms with Gasteiger partial charge in [-0.3, -0.25) is 4.68 Å². The van der Waals surface area contributed by atoms with Gasteiger partial charge in [0, 0.05) is 25.2 Å². The Morgan fingerprint density at radius 1 is 1.73 bits per heavy atom. The number of aryl methyl sites for hydroxylation is 1. The average Bonchev–Trinajstić information content (AvgIpc) is 2.42. The highest BCUT2D eigenvalue weighted by Crippen LogP contribution is 2.38. The van der Waals surface area contributed by atoms with Crippen LogP contribution in [0.15, 0.2) is 12.4 Å². The Hall–Kier alpha value is -0.540. The minimum atomic E-state index is 0. The number of rotatable bonds is 1. The predicted molar refractivity (Wildman–Crippen MR) is 45.8 cm³/mol. The van der Waals surface area contributed by atoms with Gasteiger partial charge in [-0.25, -0.2) is 0 Å². The monoisotopic (exact) mass is 173 g/mol. The van der Waals surface area contributed by atoms with Crippen molar-refractivity contribution in [1.82, 2.24) is 9.78 Å². The molecule has 1 aliphatic carbocycles. The van der Waals surface area contributed by atoms with Crippen LogP contribution in [-0.2, 0) is 7.05 Å². The van der Waals surface area contributed by atoms with E-state index in [0.29, 0.717) is 12.0 Å². The third-order valence-electron chi connectivity index (χ3n) is 1.99. The number of hydrogen-bond donors (Lipinski definition) is 1. The van der Waals surface area contributed by atoms with E-state index in [9.17, 15) is 0 Å². The molecule has 0 amide bonds. The highest BCUT2D eigenvalue weighted by Gasteiger charge is 2.35. The molecule has 2 N–H and O–H groups in total. The van der Waals surface area contributed by atoms with Gasteiger partial charge in [0.1, 0.15) is 0 Å². The molecule has 2 atom stereocenters. The first-order valence-corrected chi connectivity index (χ1v) is 3.51. The van der Waals surface area contributed by atoms with E-state index in [0.717, 1.165) is 6.42 Å². The van der Waals surface area contributed by atoms with Gasteiger partial charge in [0.05, 0.1) is 6.20 Å². The fraction of sp³-hybridized carbons (Fsp3) is 0.571. The molecule has 0 bridgehead atoms. The van der Waals surface area contributed by atoms with Gasteiger partial charge in [0.2, 0.25) is 0 Å². The van der Waals surface area contributed by atoms with Crippen molar-refractivity contribution in [2.24, 2.45) is 12.8 Å². The summed E-state index contributed by atoms with van der Waals surface area (Å²) < 4.78 is 1.82. The predicted octanol–water partition coefficient (Wildman–Crippen LogP) is 0.656. The first kappa shape index (κ1) is 8.56. The quantitative estimate of drug-likeness (QED) is 0.678. The fourth-order valence-corrected chi connectivity index (χ4v) is 1.23. The molecular formula is C7H12ClN3. The van der Waals surface area contributed by atoms with Crippen LogP contribution < -0.4 is 5.73 Å². The minimum Gasteiger partial charge on any atom is -0.327 e. The number of halogens is 1. The van der Waals surface area contributed by atoms with Crippen LogP contribution in [0.3, 0.4) is 0 Å². The summed E-state index contributed by atoms with van der Waals surface area (Å²) in [7, 11) is 1.93. The Labute approximate surface area is 72.0 Å². The van der Waals surface area contributed by atoms with Crippen molar-refractivity contribution in [2.45, 2.75) is 18.4 Å². The van der Waals surface area contributed by atoms with E-state index < -0.39 is 0 Å². The summed E-state index contributed by atoms with van der Waals surface area (Å²) in [5.74, 6) is 0.591. The topological polar surface area (TPSA) is 43.8 Å². The molecule has 1 aliphatic rings. The molecule has 1 saturated carbocycles. The average molecular weight is 174 g/mol. The highest BCUT2D eigenvalue weighted by atomic mass is 35.5. The lowest BCUT2D eigenvalue weighted by molar-refractivity contribution is 0.766. The Balaban J connectivity index is 0.000000605. The van der Waals surface area contributed by atoms with Crippen LogP contribution in [0.2, 0.25) is 0 Å². The number of nitrogens with two attached hydrogens (primary N) is 1. The van der Waals surface area contributed by atoms with Crippen molar-refractivity contribution < 1.29 is 0 Å². The molecule has 0 radical (unpaired) electrons. The van der Waals surface area contributed by atoms with Gasteiger partial charge >= 0.3 is 0 Å². The molecule has 0 saturated heterocycles. The normalized spacial score (nSPS) is 27.8. The summed E-state index contributed by atoms with van der Waals surface area (Å²) >= 11 is 0. The third kappa shape index (κ3) is 1.54. The molecule has 1 aromatic heterocycles. The lowest BCUT2D eigenvalue weighted by atomic mass is 10.2. The first-order valence-electron chi connectivity index (χ1n) is 3.51. The zero-order chi connectivity index (χ0) is 7.14. The molecule has 62 valence electrons. The summed E-state index contributed by atoms with van der Waals surface area (Å²) in [5.41, 5.74) is 6.96. The maximum Gasteiger partial charge on any atom is 0.0525 e. The van der Waals surface area contributed by atoms with E-state index in [1.807, 2.05) is 24.1 Å². The maximum atomic E-state index is 5.67. The Bertz CT molecular complexity index is 246. The minimum absolute atomic E-state index is 0. The van der Waals surface area contributed by atoms with Crippen LogP contribution in [0.4, 0.5) is 0 Å². The molecule has 0 aliphatic heterocycles. The Morgan fingerprint density at radius 3 is 2.73 bits per heavy atom. The molecule has 0 spiro atoms. The maximum absolute atomic E-state index is 5.67. The van der Waals surface area contributed by atoms with E-state index in [1.165, 1.54) is 5.56 Å². The number of aromatic nitrogens is 2. The summed E-state index contributed by atoms with van der Waals surface area (Å²) in [6.07, 6.45) is 5.07. The van der Waals surface area contributed by atoms with E-state index in [1.54, 1.807) is 0 Å². The SMILES string of the molecule is Cl.Cn1cc(C2CC2N)cn1. The second kappa shape index (κ2) is 2.83. The molecule has 3 nitrogen and oxygen atoms in total. The standard InChI is InChI=1S/C7H11N3.ClH/c1-10-4-5(3-9-10)6-2-7(6)8;/h3-4,6-7H,2,8H2,1H3;1H. The van der Waals surface area contributed by atoms with Gasteiger partial charge in [0.25, 0.3) is 0 Å². The summed E-state index contributed by atoms with van der Waals surface area (Å²) in [6.45, 7) is 0. The zero-order valence-corrected chi connectivity index (χ0v) is 7.21. The lowest BCUT2D eigenvalue weighted by Crippen LogP contribution is -2.00. The number of hydrogen-bond acceptors (Lipinski definition) is 2. The Morgan fingerprint density at radius 2 is 2.36 bits per heavy atom. The molecule has 1 aromatic rings. The van der Waals surface area contributed by atoms with E-state index in [4.69, 9.17) is 5.73 Å². The van der Waals surface area contributed by atoms with E-state index >= 15 is 0 Å². The molecule has 2 unspecified atom stereocenters. The lowest BCUT2D eigenvalue weighted by Gasteiger charge is -1.86. The van der Waals surface area contributed by atoms with Crippen LogP contribution in [0.25, 0.3) is 0 Å². The summed E-state index contributed by atoms with van der Waals surface area (Å²) in [4.78, 5) is 0. The van der Waals surface area contributed by atoms with Gasteiger partial charge in [-0.15, -0.1) is 12.4 Å². The summed E-state index contributed by atoms with van der Waals surface area (Å²) in [6, 6.07) is 0.393. The molecular weight excluding hydrogens is 162 g/mol. The molecule has 0 aromatic carbocycles. The molecule has 4 heteroatoms. The van der Waals surface area contributed by atoms with Crippen LogP contribution in [-0.4, -0.2) is 15.8 Å². The Kier molecular flexibility index (Phi) is 2.20. The highest BCUT2D eigenvalue weighted by molar-refractivity contribution is 5.85. The van der Waals surface area contributed by atoms with Crippen LogP contribution >= 0.6 is 12.4 Å². The molecule has 1 heterocycles. The summed E-state index contributed by atoms with van der Waals surface area (Å²) in [5, 5.41) is 4.07. The van der Waals surface area contributed by atoms with Crippen molar-refractivity contribution in [3.63, 3.8) is 0 Å². The van der Waals surface area contributed by atoms with Crippen molar-refractivity contribution in [1.29, 1.82) is 0 Å². The van der Waals surface area contributed by atoms with Gasteiger partial charge in [-0.05, 0) is 12.0 Å². The zero-order valence-electron chi connectivity index (χ0n) is 6.40. The van der Waals surface area contributed by atoms with Gasteiger partial charge in [0.15, 0.2) is 0 Å². The second-order valence-corrected chi connectivity index (χ2v) is 2.95. The molecule has 2 rings (SSSR count). The van der Waals surface area contributed by atoms with Gasteiger partial charge in [-0.1, -0.05) is 0 Å². The first-order chi connectivity index (χ1) is 4.77.